The molecule has 2 N–H and O–H groups in total. The van der Waals surface area contributed by atoms with E-state index in [1.165, 1.54) is 7.11 Å². The van der Waals surface area contributed by atoms with Crippen LogP contribution in [-0.4, -0.2) is 31.0 Å². The van der Waals surface area contributed by atoms with Crippen molar-refractivity contribution in [3.05, 3.63) is 23.8 Å². The molecule has 4 nitrogen and oxygen atoms in total. The first kappa shape index (κ1) is 12.9. The number of terminal acetylenes is 1. The first-order chi connectivity index (χ1) is 8.12. The van der Waals surface area contributed by atoms with Crippen LogP contribution in [0.25, 0.3) is 0 Å². The molecule has 0 atom stereocenters. The van der Waals surface area contributed by atoms with Crippen molar-refractivity contribution in [2.24, 2.45) is 0 Å². The molecule has 1 aromatic carbocycles. The number of anilines is 1. The number of carbonyl (C=O) groups is 1. The molecular weight excluding hydrogens is 216 g/mol. The fourth-order valence-corrected chi connectivity index (χ4v) is 1.48. The minimum atomic E-state index is -0.143. The van der Waals surface area contributed by atoms with Gasteiger partial charge in [-0.3, -0.25) is 4.79 Å². The fourth-order valence-electron chi connectivity index (χ4n) is 1.48. The Kier molecular flexibility index (Phi) is 4.41. The summed E-state index contributed by atoms with van der Waals surface area (Å²) >= 11 is 0. The van der Waals surface area contributed by atoms with E-state index in [1.54, 1.807) is 23.1 Å². The maximum Gasteiger partial charge on any atom is 0.254 e. The average molecular weight is 232 g/mol. The van der Waals surface area contributed by atoms with Gasteiger partial charge in [0.05, 0.1) is 13.7 Å². The average Bonchev–Trinajstić information content (AvgIpc) is 2.34. The van der Waals surface area contributed by atoms with Crippen molar-refractivity contribution in [1.29, 1.82) is 0 Å². The molecule has 0 fully saturated rings. The highest BCUT2D eigenvalue weighted by Gasteiger charge is 2.14. The van der Waals surface area contributed by atoms with Gasteiger partial charge >= 0.3 is 0 Å². The van der Waals surface area contributed by atoms with Crippen molar-refractivity contribution in [2.45, 2.75) is 6.92 Å². The number of ether oxygens (including phenoxy) is 1. The Morgan fingerprint density at radius 1 is 1.53 bits per heavy atom. The van der Waals surface area contributed by atoms with Crippen LogP contribution >= 0.6 is 0 Å². The van der Waals surface area contributed by atoms with Gasteiger partial charge in [-0.15, -0.1) is 6.42 Å². The summed E-state index contributed by atoms with van der Waals surface area (Å²) in [6.45, 7) is 2.71. The Hall–Kier alpha value is -2.15. The second-order valence-corrected chi connectivity index (χ2v) is 3.52. The first-order valence-electron chi connectivity index (χ1n) is 5.29. The molecule has 1 amide bonds. The standard InChI is InChI=1S/C13H16N2O2/c1-4-6-15(5-2)13(16)10-7-11(14)9-12(8-10)17-3/h1,7-9H,5-6,14H2,2-3H3. The highest BCUT2D eigenvalue weighted by molar-refractivity contribution is 5.95. The van der Waals surface area contributed by atoms with Gasteiger partial charge in [0.2, 0.25) is 0 Å². The van der Waals surface area contributed by atoms with Crippen LogP contribution in [0.2, 0.25) is 0 Å². The topological polar surface area (TPSA) is 55.6 Å². The maximum absolute atomic E-state index is 12.1. The van der Waals surface area contributed by atoms with Gasteiger partial charge in [-0.05, 0) is 19.1 Å². The number of methoxy groups -OCH3 is 1. The monoisotopic (exact) mass is 232 g/mol. The lowest BCUT2D eigenvalue weighted by Crippen LogP contribution is -2.31. The normalized spacial score (nSPS) is 9.47. The van der Waals surface area contributed by atoms with Crippen LogP contribution in [-0.2, 0) is 0 Å². The smallest absolute Gasteiger partial charge is 0.254 e. The van der Waals surface area contributed by atoms with Gasteiger partial charge in [0.15, 0.2) is 0 Å². The van der Waals surface area contributed by atoms with Crippen molar-refractivity contribution in [2.75, 3.05) is 25.9 Å². The van der Waals surface area contributed by atoms with Gasteiger partial charge in [0.1, 0.15) is 5.75 Å². The second kappa shape index (κ2) is 5.80. The zero-order chi connectivity index (χ0) is 12.8. The SMILES string of the molecule is C#CCN(CC)C(=O)c1cc(N)cc(OC)c1. The lowest BCUT2D eigenvalue weighted by molar-refractivity contribution is 0.0784. The van der Waals surface area contributed by atoms with E-state index in [-0.39, 0.29) is 12.5 Å². The van der Waals surface area contributed by atoms with E-state index in [4.69, 9.17) is 16.9 Å². The molecule has 0 radical (unpaired) electrons. The minimum Gasteiger partial charge on any atom is -0.497 e. The summed E-state index contributed by atoms with van der Waals surface area (Å²) in [5, 5.41) is 0. The predicted octanol–water partition coefficient (Wildman–Crippen LogP) is 1.37. The molecule has 4 heteroatoms. The number of nitrogens with two attached hydrogens (primary N) is 1. The third-order valence-corrected chi connectivity index (χ3v) is 2.36. The van der Waals surface area contributed by atoms with Crippen molar-refractivity contribution in [1.82, 2.24) is 4.90 Å². The van der Waals surface area contributed by atoms with Gasteiger partial charge < -0.3 is 15.4 Å². The predicted molar refractivity (Wildman–Crippen MR) is 67.8 cm³/mol. The molecule has 0 aliphatic carbocycles. The van der Waals surface area contributed by atoms with Crippen LogP contribution in [0.5, 0.6) is 5.75 Å². The molecular formula is C13H16N2O2. The van der Waals surface area contributed by atoms with Crippen LogP contribution in [0.1, 0.15) is 17.3 Å². The molecule has 1 aromatic rings. The van der Waals surface area contributed by atoms with Gasteiger partial charge in [-0.1, -0.05) is 5.92 Å². The molecule has 0 spiro atoms. The molecule has 0 saturated carbocycles. The van der Waals surface area contributed by atoms with E-state index in [0.29, 0.717) is 23.5 Å². The number of nitrogens with zero attached hydrogens (tertiary/aromatic N) is 1. The lowest BCUT2D eigenvalue weighted by Gasteiger charge is -2.18. The molecule has 90 valence electrons. The molecule has 0 saturated heterocycles. The molecule has 0 heterocycles. The summed E-state index contributed by atoms with van der Waals surface area (Å²) in [5.74, 6) is 2.87. The fraction of sp³-hybridized carbons (Fsp3) is 0.308. The van der Waals surface area contributed by atoms with Crippen LogP contribution in [0, 0.1) is 12.3 Å². The van der Waals surface area contributed by atoms with E-state index >= 15 is 0 Å². The molecule has 0 aliphatic rings. The zero-order valence-corrected chi connectivity index (χ0v) is 10.1. The lowest BCUT2D eigenvalue weighted by atomic mass is 10.1. The number of carbonyl (C=O) groups excluding carboxylic acids is 1. The van der Waals surface area contributed by atoms with E-state index < -0.39 is 0 Å². The second-order valence-electron chi connectivity index (χ2n) is 3.52. The van der Waals surface area contributed by atoms with Crippen LogP contribution < -0.4 is 10.5 Å². The minimum absolute atomic E-state index is 0.143. The maximum atomic E-state index is 12.1. The van der Waals surface area contributed by atoms with Crippen molar-refractivity contribution in [3.63, 3.8) is 0 Å². The Morgan fingerprint density at radius 2 is 2.24 bits per heavy atom. The highest BCUT2D eigenvalue weighted by Crippen LogP contribution is 2.19. The van der Waals surface area contributed by atoms with Gasteiger partial charge in [-0.2, -0.15) is 0 Å². The van der Waals surface area contributed by atoms with E-state index in [1.807, 2.05) is 6.92 Å². The van der Waals surface area contributed by atoms with Crippen LogP contribution in [0.3, 0.4) is 0 Å². The third kappa shape index (κ3) is 3.15. The Balaban J connectivity index is 3.03. The number of rotatable bonds is 4. The number of hydrogen-bond donors (Lipinski definition) is 1. The molecule has 0 aromatic heterocycles. The van der Waals surface area contributed by atoms with E-state index in [2.05, 4.69) is 5.92 Å². The van der Waals surface area contributed by atoms with E-state index in [9.17, 15) is 4.79 Å². The van der Waals surface area contributed by atoms with Crippen LogP contribution in [0.15, 0.2) is 18.2 Å². The van der Waals surface area contributed by atoms with Crippen molar-refractivity contribution < 1.29 is 9.53 Å². The summed E-state index contributed by atoms with van der Waals surface area (Å²) in [4.78, 5) is 13.7. The summed E-state index contributed by atoms with van der Waals surface area (Å²) in [6.07, 6.45) is 5.21. The number of hydrogen-bond acceptors (Lipinski definition) is 3. The van der Waals surface area contributed by atoms with Gasteiger partial charge in [0.25, 0.3) is 5.91 Å². The molecule has 0 bridgehead atoms. The van der Waals surface area contributed by atoms with Gasteiger partial charge in [-0.25, -0.2) is 0 Å². The number of nitrogen functional groups attached to an aromatic ring is 1. The Bertz CT molecular complexity index is 449. The number of amides is 1. The summed E-state index contributed by atoms with van der Waals surface area (Å²) < 4.78 is 5.07. The molecule has 0 unspecified atom stereocenters. The van der Waals surface area contributed by atoms with Crippen molar-refractivity contribution in [3.8, 4) is 18.1 Å². The first-order valence-corrected chi connectivity index (χ1v) is 5.29. The van der Waals surface area contributed by atoms with Gasteiger partial charge in [0, 0.05) is 23.9 Å². The van der Waals surface area contributed by atoms with Crippen molar-refractivity contribution >= 4 is 11.6 Å². The Labute approximate surface area is 101 Å². The van der Waals surface area contributed by atoms with E-state index in [0.717, 1.165) is 0 Å². The quantitative estimate of drug-likeness (QED) is 0.630. The summed E-state index contributed by atoms with van der Waals surface area (Å²) in [5.41, 5.74) is 6.67. The molecule has 0 aliphatic heterocycles. The highest BCUT2D eigenvalue weighted by atomic mass is 16.5. The third-order valence-electron chi connectivity index (χ3n) is 2.36. The summed E-state index contributed by atoms with van der Waals surface area (Å²) in [6, 6.07) is 4.93. The van der Waals surface area contributed by atoms with Crippen LogP contribution in [0.4, 0.5) is 5.69 Å². The number of benzene rings is 1. The molecule has 17 heavy (non-hydrogen) atoms. The largest absolute Gasteiger partial charge is 0.497 e. The zero-order valence-electron chi connectivity index (χ0n) is 10.1. The summed E-state index contributed by atoms with van der Waals surface area (Å²) in [7, 11) is 1.53. The molecule has 1 rings (SSSR count). The Morgan fingerprint density at radius 3 is 2.76 bits per heavy atom.